The standard InChI is InChI=1S/C22H34N4O4S.3C2HF3O2/c1-30-22(29)17-13-16(10-9-15(17)14-31(2)3)25-20(27)19-8-6-12-26(19)21(28)18(24)7-4-5-11-23;3*3-2(4,5)1(6)7/h9-10,13,18-19H,4-8,11-12,14,23-24H2,1-3H3;3*(H,6,7)/t18-,19-;;;/m0.../s1. The van der Waals surface area contributed by atoms with E-state index in [2.05, 4.69) is 29.3 Å². The summed E-state index contributed by atoms with van der Waals surface area (Å²) in [7, 11) is 1.47. The lowest BCUT2D eigenvalue weighted by molar-refractivity contribution is -0.408. The highest BCUT2D eigenvalue weighted by molar-refractivity contribution is 7.94. The van der Waals surface area contributed by atoms with Crippen LogP contribution in [0.3, 0.4) is 0 Å². The third-order valence-corrected chi connectivity index (χ3v) is 7.05. The van der Waals surface area contributed by atoms with Crippen molar-refractivity contribution in [1.29, 1.82) is 0 Å². The maximum absolute atomic E-state index is 13.0. The van der Waals surface area contributed by atoms with Crippen molar-refractivity contribution >= 4 is 52.3 Å². The summed E-state index contributed by atoms with van der Waals surface area (Å²) < 4.78 is 99.6. The van der Waals surface area contributed by atoms with Crippen molar-refractivity contribution in [2.45, 2.75) is 68.5 Å². The lowest BCUT2D eigenvalue weighted by Crippen LogP contribution is -2.68. The van der Waals surface area contributed by atoms with Crippen molar-refractivity contribution in [3.05, 3.63) is 29.3 Å². The van der Waals surface area contributed by atoms with E-state index in [9.17, 15) is 53.9 Å². The van der Waals surface area contributed by atoms with Crippen molar-refractivity contribution in [2.24, 2.45) is 0 Å². The molecule has 0 spiro atoms. The quantitative estimate of drug-likeness (QED) is 0.0989. The third-order valence-electron chi connectivity index (χ3n) is 6.16. The van der Waals surface area contributed by atoms with E-state index in [-0.39, 0.29) is 28.8 Å². The number of unbranched alkanes of at least 4 members (excludes halogenated alkanes) is 1. The summed E-state index contributed by atoms with van der Waals surface area (Å²) >= 11 is 0. The first-order valence-electron chi connectivity index (χ1n) is 14.4. The number of carbonyl (C=O) groups is 6. The van der Waals surface area contributed by atoms with Crippen LogP contribution >= 0.6 is 0 Å². The van der Waals surface area contributed by atoms with Gasteiger partial charge in [0.05, 0.1) is 31.7 Å². The lowest BCUT2D eigenvalue weighted by atomic mass is 10.1. The number of likely N-dealkylation sites (tertiary alicyclic amines) is 1. The van der Waals surface area contributed by atoms with Gasteiger partial charge in [0.15, 0.2) is 6.04 Å². The van der Waals surface area contributed by atoms with Gasteiger partial charge in [-0.2, -0.15) is 39.5 Å². The molecule has 2 atom stereocenters. The Morgan fingerprint density at radius 1 is 0.904 bits per heavy atom. The van der Waals surface area contributed by atoms with Gasteiger partial charge >= 0.3 is 24.5 Å². The van der Waals surface area contributed by atoms with E-state index in [1.54, 1.807) is 17.0 Å². The van der Waals surface area contributed by atoms with Crippen LogP contribution in [0.25, 0.3) is 0 Å². The topological polar surface area (TPSA) is 251 Å². The summed E-state index contributed by atoms with van der Waals surface area (Å²) in [4.78, 5) is 66.1. The summed E-state index contributed by atoms with van der Waals surface area (Å²) in [6.45, 7) is 1.42. The number of halogens is 9. The molecule has 0 aromatic heterocycles. The minimum atomic E-state index is -5.19. The maximum Gasteiger partial charge on any atom is 0.430 e. The molecule has 1 aromatic carbocycles. The normalized spacial score (nSPS) is 14.7. The molecule has 1 fully saturated rings. The fraction of sp³-hybridized carbons (Fsp3) is 0.571. The number of ether oxygens (including phenoxy) is 1. The summed E-state index contributed by atoms with van der Waals surface area (Å²) in [5.74, 6) is -8.97. The van der Waals surface area contributed by atoms with Crippen LogP contribution in [-0.4, -0.2) is 104 Å². The Labute approximate surface area is 293 Å². The average Bonchev–Trinajstić information content (AvgIpc) is 3.50. The Hall–Kier alpha value is -4.32. The zero-order valence-corrected chi connectivity index (χ0v) is 28.6. The predicted molar refractivity (Wildman–Crippen MR) is 156 cm³/mol. The van der Waals surface area contributed by atoms with Gasteiger partial charge in [-0.1, -0.05) is 6.07 Å². The molecule has 52 heavy (non-hydrogen) atoms. The highest BCUT2D eigenvalue weighted by atomic mass is 32.2. The number of carboxylic acid groups (broad SMARTS) is 3. The Morgan fingerprint density at radius 3 is 1.75 bits per heavy atom. The van der Waals surface area contributed by atoms with E-state index in [4.69, 9.17) is 34.4 Å². The molecule has 2 rings (SSSR count). The second-order valence-corrected chi connectivity index (χ2v) is 12.8. The first-order valence-corrected chi connectivity index (χ1v) is 16.7. The second-order valence-electron chi connectivity index (χ2n) is 10.6. The van der Waals surface area contributed by atoms with Gasteiger partial charge in [0, 0.05) is 24.2 Å². The van der Waals surface area contributed by atoms with E-state index < -0.39 is 48.4 Å². The summed E-state index contributed by atoms with van der Waals surface area (Å²) in [5, 5.41) is 29.2. The summed E-state index contributed by atoms with van der Waals surface area (Å²) in [5.41, 5.74) is 9.73. The number of esters is 1. The minimum Gasteiger partial charge on any atom is -0.542 e. The van der Waals surface area contributed by atoms with Crippen molar-refractivity contribution in [1.82, 2.24) is 4.90 Å². The highest BCUT2D eigenvalue weighted by Crippen LogP contribution is 2.23. The van der Waals surface area contributed by atoms with Crippen LogP contribution in [0, 0.1) is 0 Å². The second kappa shape index (κ2) is 22.6. The Balaban J connectivity index is 0. The summed E-state index contributed by atoms with van der Waals surface area (Å²) in [6, 6.07) is 4.47. The predicted octanol–water partition coefficient (Wildman–Crippen LogP) is -2.30. The Morgan fingerprint density at radius 2 is 1.37 bits per heavy atom. The number of aliphatic carboxylic acids is 3. The first-order chi connectivity index (χ1) is 23.6. The van der Waals surface area contributed by atoms with Gasteiger partial charge in [-0.25, -0.2) is 4.79 Å². The zero-order chi connectivity index (χ0) is 41.2. The molecule has 298 valence electrons. The molecule has 1 aromatic rings. The number of anilines is 1. The number of amides is 2. The smallest absolute Gasteiger partial charge is 0.430 e. The highest BCUT2D eigenvalue weighted by Gasteiger charge is 2.37. The van der Waals surface area contributed by atoms with Gasteiger partial charge in [-0.15, -0.1) is 0 Å². The van der Waals surface area contributed by atoms with Gasteiger partial charge in [0.25, 0.3) is 5.91 Å². The van der Waals surface area contributed by atoms with Gasteiger partial charge in [0.1, 0.15) is 29.7 Å². The molecule has 14 nitrogen and oxygen atoms in total. The fourth-order valence-corrected chi connectivity index (χ4v) is 4.72. The molecule has 0 radical (unpaired) electrons. The molecule has 0 unspecified atom stereocenters. The Kier molecular flexibility index (Phi) is 21.6. The largest absolute Gasteiger partial charge is 0.542 e. The molecule has 0 saturated carbocycles. The van der Waals surface area contributed by atoms with Crippen LogP contribution in [0.1, 0.15) is 48.0 Å². The van der Waals surface area contributed by atoms with Crippen LogP contribution in [0.2, 0.25) is 0 Å². The van der Waals surface area contributed by atoms with Crippen molar-refractivity contribution in [3.8, 4) is 0 Å². The van der Waals surface area contributed by atoms with E-state index in [0.29, 0.717) is 30.6 Å². The van der Waals surface area contributed by atoms with E-state index >= 15 is 0 Å². The monoisotopic (exact) mass is 792 g/mol. The molecular formula is C28H37F9N4O10S. The van der Waals surface area contributed by atoms with E-state index in [1.807, 2.05) is 6.07 Å². The molecule has 1 saturated heterocycles. The Bertz CT molecular complexity index is 1300. The van der Waals surface area contributed by atoms with Crippen LogP contribution in [0.15, 0.2) is 18.2 Å². The minimum absolute atomic E-state index is 0.0646. The molecule has 1 aliphatic heterocycles. The number of quaternary nitrogens is 2. The molecule has 0 bridgehead atoms. The number of methoxy groups -OCH3 is 1. The number of carboxylic acids is 3. The number of nitrogens with one attached hydrogen (secondary N) is 1. The van der Waals surface area contributed by atoms with Crippen molar-refractivity contribution < 1.29 is 99.8 Å². The zero-order valence-electron chi connectivity index (χ0n) is 27.8. The van der Waals surface area contributed by atoms with E-state index in [0.717, 1.165) is 37.1 Å². The molecule has 0 aliphatic carbocycles. The number of carbonyl (C=O) groups excluding carboxylic acids is 6. The first kappa shape index (κ1) is 49.8. The number of hydrogen-bond donors (Lipinski definition) is 3. The van der Waals surface area contributed by atoms with Gasteiger partial charge < -0.3 is 56.1 Å². The van der Waals surface area contributed by atoms with Crippen LogP contribution < -0.4 is 32.1 Å². The molecule has 1 aliphatic rings. The number of alkyl halides is 9. The third kappa shape index (κ3) is 19.9. The molecule has 24 heteroatoms. The van der Waals surface area contributed by atoms with Gasteiger partial charge in [-0.3, -0.25) is 9.59 Å². The molecular weight excluding hydrogens is 755 g/mol. The number of hydrogen-bond acceptors (Lipinski definition) is 10. The number of rotatable bonds is 10. The summed E-state index contributed by atoms with van der Waals surface area (Å²) in [6.07, 6.45) is -7.36. The number of benzene rings is 1. The maximum atomic E-state index is 13.0. The lowest BCUT2D eigenvalue weighted by Gasteiger charge is -2.25. The average molecular weight is 793 g/mol. The van der Waals surface area contributed by atoms with Crippen molar-refractivity contribution in [3.63, 3.8) is 0 Å². The molecule has 2 amide bonds. The molecule has 1 heterocycles. The number of nitrogens with zero attached hydrogens (tertiary/aromatic N) is 1. The SMILES string of the molecule is COC(=O)c1cc(NC(=O)[C@@H]2CCCN2C(=O)[C@@H]([NH3+])CCCC[NH3+])ccc1C[S+](C)C.O=C([O-])C(F)(F)F.O=C([O-])C(F)(F)F.O=C([O-])C(F)(F)F. The molecule has 7 N–H and O–H groups in total. The van der Waals surface area contributed by atoms with Crippen LogP contribution in [0.5, 0.6) is 0 Å². The fourth-order valence-electron chi connectivity index (χ4n) is 3.85. The van der Waals surface area contributed by atoms with Gasteiger partial charge in [0.2, 0.25) is 5.91 Å². The van der Waals surface area contributed by atoms with E-state index in [1.165, 1.54) is 7.11 Å². The van der Waals surface area contributed by atoms with Crippen LogP contribution in [-0.2, 0) is 45.4 Å². The van der Waals surface area contributed by atoms with Gasteiger partial charge in [-0.05, 0) is 48.7 Å². The van der Waals surface area contributed by atoms with Crippen LogP contribution in [0.4, 0.5) is 45.2 Å². The van der Waals surface area contributed by atoms with Crippen molar-refractivity contribution in [2.75, 3.05) is 38.0 Å².